The van der Waals surface area contributed by atoms with Crippen LogP contribution in [0.25, 0.3) is 9.88 Å². The third kappa shape index (κ3) is 2.53. The Morgan fingerprint density at radius 3 is 3.06 bits per heavy atom. The van der Waals surface area contributed by atoms with Gasteiger partial charge in [0.1, 0.15) is 15.6 Å². The Hall–Kier alpha value is -0.650. The van der Waals surface area contributed by atoms with E-state index in [1.165, 1.54) is 0 Å². The molecule has 6 heteroatoms. The maximum atomic E-state index is 5.64. The molecule has 2 aromatic rings. The second kappa shape index (κ2) is 5.61. The number of ether oxygens (including phenoxy) is 1. The normalized spacial score (nSPS) is 10.6. The molecule has 0 aliphatic rings. The number of halogens is 1. The van der Waals surface area contributed by atoms with Crippen molar-refractivity contribution in [3.8, 4) is 15.6 Å². The van der Waals surface area contributed by atoms with E-state index in [-0.39, 0.29) is 0 Å². The highest BCUT2D eigenvalue weighted by Gasteiger charge is 2.12. The van der Waals surface area contributed by atoms with Gasteiger partial charge in [-0.05, 0) is 17.9 Å². The van der Waals surface area contributed by atoms with Crippen LogP contribution in [0.1, 0.15) is 11.4 Å². The molecule has 2 heterocycles. The summed E-state index contributed by atoms with van der Waals surface area (Å²) in [4.78, 5) is 1.05. The number of aromatic nitrogens is 2. The summed E-state index contributed by atoms with van der Waals surface area (Å²) in [5, 5.41) is 12.3. The second-order valence-corrected chi connectivity index (χ2v) is 5.47. The van der Waals surface area contributed by atoms with E-state index in [4.69, 9.17) is 16.3 Å². The summed E-state index contributed by atoms with van der Waals surface area (Å²) in [5.41, 5.74) is 0. The van der Waals surface area contributed by atoms with Gasteiger partial charge in [-0.15, -0.1) is 33.1 Å². The SMILES string of the molecule is COc1ccsc1-c1nnc(CCCCl)s1. The standard InChI is InChI=1S/C10H11ClN2OS2/c1-14-7-4-6-15-9(7)10-13-12-8(16-10)3-2-5-11/h4,6H,2-3,5H2,1H3. The van der Waals surface area contributed by atoms with Crippen molar-refractivity contribution in [1.82, 2.24) is 10.2 Å². The highest BCUT2D eigenvalue weighted by molar-refractivity contribution is 7.21. The molecule has 0 fully saturated rings. The first-order valence-electron chi connectivity index (χ1n) is 4.85. The minimum atomic E-state index is 0.664. The predicted octanol–water partition coefficient (Wildman–Crippen LogP) is 3.45. The summed E-state index contributed by atoms with van der Waals surface area (Å²) >= 11 is 8.87. The van der Waals surface area contributed by atoms with Crippen LogP contribution in [-0.4, -0.2) is 23.2 Å². The number of nitrogens with zero attached hydrogens (tertiary/aromatic N) is 2. The van der Waals surface area contributed by atoms with Crippen LogP contribution in [0, 0.1) is 0 Å². The lowest BCUT2D eigenvalue weighted by atomic mass is 10.4. The number of thiophene rings is 1. The zero-order valence-corrected chi connectivity index (χ0v) is 11.2. The number of hydrogen-bond acceptors (Lipinski definition) is 5. The van der Waals surface area contributed by atoms with Crippen molar-refractivity contribution in [2.45, 2.75) is 12.8 Å². The fourth-order valence-corrected chi connectivity index (χ4v) is 3.24. The monoisotopic (exact) mass is 274 g/mol. The molecule has 2 rings (SSSR count). The van der Waals surface area contributed by atoms with Gasteiger partial charge in [-0.2, -0.15) is 0 Å². The Kier molecular flexibility index (Phi) is 4.15. The number of aryl methyl sites for hydroxylation is 1. The quantitative estimate of drug-likeness (QED) is 0.784. The van der Waals surface area contributed by atoms with Crippen LogP contribution >= 0.6 is 34.3 Å². The molecule has 0 aromatic carbocycles. The Labute approximate surface area is 107 Å². The van der Waals surface area contributed by atoms with Crippen molar-refractivity contribution in [2.24, 2.45) is 0 Å². The number of hydrogen-bond donors (Lipinski definition) is 0. The van der Waals surface area contributed by atoms with E-state index in [2.05, 4.69) is 10.2 Å². The van der Waals surface area contributed by atoms with Crippen molar-refractivity contribution >= 4 is 34.3 Å². The number of alkyl halides is 1. The molecule has 0 saturated heterocycles. The predicted molar refractivity (Wildman–Crippen MR) is 68.8 cm³/mol. The van der Waals surface area contributed by atoms with Crippen LogP contribution in [0.2, 0.25) is 0 Å². The van der Waals surface area contributed by atoms with E-state index in [1.807, 2.05) is 11.4 Å². The highest BCUT2D eigenvalue weighted by atomic mass is 35.5. The molecule has 0 N–H and O–H groups in total. The van der Waals surface area contributed by atoms with Crippen molar-refractivity contribution in [1.29, 1.82) is 0 Å². The first-order chi connectivity index (χ1) is 7.85. The maximum absolute atomic E-state index is 5.64. The van der Waals surface area contributed by atoms with Crippen LogP contribution < -0.4 is 4.74 Å². The highest BCUT2D eigenvalue weighted by Crippen LogP contribution is 2.36. The summed E-state index contributed by atoms with van der Waals surface area (Å²) in [6.45, 7) is 0. The van der Waals surface area contributed by atoms with Crippen LogP contribution in [0.4, 0.5) is 0 Å². The zero-order chi connectivity index (χ0) is 11.4. The molecule has 3 nitrogen and oxygen atoms in total. The van der Waals surface area contributed by atoms with Crippen LogP contribution in [0.5, 0.6) is 5.75 Å². The van der Waals surface area contributed by atoms with Crippen LogP contribution in [-0.2, 0) is 6.42 Å². The molecule has 0 saturated carbocycles. The fourth-order valence-electron chi connectivity index (χ4n) is 1.28. The van der Waals surface area contributed by atoms with Crippen LogP contribution in [0.3, 0.4) is 0 Å². The number of rotatable bonds is 5. The van der Waals surface area contributed by atoms with E-state index in [0.29, 0.717) is 5.88 Å². The zero-order valence-electron chi connectivity index (χ0n) is 8.77. The molecule has 0 aliphatic carbocycles. The molecule has 2 aromatic heterocycles. The molecule has 0 unspecified atom stereocenters. The fraction of sp³-hybridized carbons (Fsp3) is 0.400. The maximum Gasteiger partial charge on any atom is 0.161 e. The Balaban J connectivity index is 2.18. The molecular formula is C10H11ClN2OS2. The lowest BCUT2D eigenvalue weighted by molar-refractivity contribution is 0.418. The molecule has 0 amide bonds. The van der Waals surface area contributed by atoms with Gasteiger partial charge in [0.2, 0.25) is 0 Å². The summed E-state index contributed by atoms with van der Waals surface area (Å²) in [5.74, 6) is 1.53. The average molecular weight is 275 g/mol. The van der Waals surface area contributed by atoms with Crippen molar-refractivity contribution < 1.29 is 4.74 Å². The van der Waals surface area contributed by atoms with Gasteiger partial charge >= 0.3 is 0 Å². The molecule has 86 valence electrons. The minimum Gasteiger partial charge on any atom is -0.495 e. The Bertz CT molecular complexity index is 455. The summed E-state index contributed by atoms with van der Waals surface area (Å²) in [6.07, 6.45) is 1.84. The van der Waals surface area contributed by atoms with Crippen molar-refractivity contribution in [3.05, 3.63) is 16.5 Å². The first-order valence-corrected chi connectivity index (χ1v) is 7.08. The summed E-state index contributed by atoms with van der Waals surface area (Å²) < 4.78 is 5.26. The second-order valence-electron chi connectivity index (χ2n) is 3.11. The van der Waals surface area contributed by atoms with Gasteiger partial charge in [-0.1, -0.05) is 11.3 Å². The van der Waals surface area contributed by atoms with Gasteiger partial charge in [0, 0.05) is 12.3 Å². The molecule has 16 heavy (non-hydrogen) atoms. The van der Waals surface area contributed by atoms with E-state index in [0.717, 1.165) is 33.5 Å². The average Bonchev–Trinajstić information content (AvgIpc) is 2.94. The molecule has 0 aliphatic heterocycles. The van der Waals surface area contributed by atoms with Crippen molar-refractivity contribution in [2.75, 3.05) is 13.0 Å². The van der Waals surface area contributed by atoms with E-state index >= 15 is 0 Å². The molecule has 0 bridgehead atoms. The molecule has 0 spiro atoms. The summed E-state index contributed by atoms with van der Waals surface area (Å²) in [7, 11) is 1.67. The van der Waals surface area contributed by atoms with Crippen molar-refractivity contribution in [3.63, 3.8) is 0 Å². The number of methoxy groups -OCH3 is 1. The van der Waals surface area contributed by atoms with E-state index in [1.54, 1.807) is 29.8 Å². The first kappa shape index (κ1) is 11.8. The van der Waals surface area contributed by atoms with E-state index < -0.39 is 0 Å². The molecular weight excluding hydrogens is 264 g/mol. The van der Waals surface area contributed by atoms with Gasteiger partial charge < -0.3 is 4.74 Å². The summed E-state index contributed by atoms with van der Waals surface area (Å²) in [6, 6.07) is 1.94. The van der Waals surface area contributed by atoms with E-state index in [9.17, 15) is 0 Å². The van der Waals surface area contributed by atoms with Gasteiger partial charge in [0.05, 0.1) is 7.11 Å². The van der Waals surface area contributed by atoms with Crippen LogP contribution in [0.15, 0.2) is 11.4 Å². The van der Waals surface area contributed by atoms with Gasteiger partial charge in [0.15, 0.2) is 5.01 Å². The topological polar surface area (TPSA) is 35.0 Å². The van der Waals surface area contributed by atoms with Gasteiger partial charge in [-0.3, -0.25) is 0 Å². The molecule has 0 atom stereocenters. The largest absolute Gasteiger partial charge is 0.495 e. The minimum absolute atomic E-state index is 0.664. The van der Waals surface area contributed by atoms with Gasteiger partial charge in [0.25, 0.3) is 0 Å². The lowest BCUT2D eigenvalue weighted by Gasteiger charge is -1.96. The smallest absolute Gasteiger partial charge is 0.161 e. The molecule has 0 radical (unpaired) electrons. The lowest BCUT2D eigenvalue weighted by Crippen LogP contribution is -1.84. The van der Waals surface area contributed by atoms with Gasteiger partial charge in [-0.25, -0.2) is 0 Å². The third-order valence-electron chi connectivity index (χ3n) is 2.03. The third-order valence-corrected chi connectivity index (χ3v) is 4.33. The Morgan fingerprint density at radius 1 is 1.44 bits per heavy atom. The Morgan fingerprint density at radius 2 is 2.31 bits per heavy atom.